The second kappa shape index (κ2) is 9.96. The van der Waals surface area contributed by atoms with Crippen LogP contribution in [0.4, 0.5) is 5.69 Å². The molecule has 6 nitrogen and oxygen atoms in total. The van der Waals surface area contributed by atoms with E-state index >= 15 is 0 Å². The number of ether oxygens (including phenoxy) is 1. The van der Waals surface area contributed by atoms with Crippen LogP contribution in [0.15, 0.2) is 42.5 Å². The number of nitrogens with one attached hydrogen (secondary N) is 1. The summed E-state index contributed by atoms with van der Waals surface area (Å²) >= 11 is 6.16. The van der Waals surface area contributed by atoms with Gasteiger partial charge in [-0.3, -0.25) is 9.69 Å². The van der Waals surface area contributed by atoms with Gasteiger partial charge in [0.15, 0.2) is 0 Å². The number of benzene rings is 2. The summed E-state index contributed by atoms with van der Waals surface area (Å²) < 4.78 is 5.61. The summed E-state index contributed by atoms with van der Waals surface area (Å²) in [6.07, 6.45) is 0. The number of nitrogens with zero attached hydrogens (tertiary/aromatic N) is 2. The van der Waals surface area contributed by atoms with Crippen molar-refractivity contribution >= 4 is 23.2 Å². The van der Waals surface area contributed by atoms with Crippen LogP contribution in [0.1, 0.15) is 22.8 Å². The summed E-state index contributed by atoms with van der Waals surface area (Å²) in [6.45, 7) is 6.64. The van der Waals surface area contributed by atoms with Gasteiger partial charge in [0.25, 0.3) is 5.91 Å². The molecule has 1 aliphatic rings. The van der Waals surface area contributed by atoms with E-state index in [-0.39, 0.29) is 11.9 Å². The third-order valence-electron chi connectivity index (χ3n) is 5.04. The largest absolute Gasteiger partial charge is 0.493 e. The summed E-state index contributed by atoms with van der Waals surface area (Å²) in [7, 11) is 2.08. The van der Waals surface area contributed by atoms with Crippen molar-refractivity contribution in [1.29, 1.82) is 0 Å². The molecular weight excluding hydrogens is 388 g/mol. The number of carbonyl (C=O) groups excluding carboxylic acids is 1. The van der Waals surface area contributed by atoms with Crippen molar-refractivity contribution < 1.29 is 9.53 Å². The van der Waals surface area contributed by atoms with Crippen molar-refractivity contribution in [3.05, 3.63) is 58.6 Å². The molecule has 0 radical (unpaired) electrons. The molecule has 1 atom stereocenters. The lowest BCUT2D eigenvalue weighted by atomic mass is 10.1. The molecule has 1 aliphatic heterocycles. The summed E-state index contributed by atoms with van der Waals surface area (Å²) in [5.41, 5.74) is 7.95. The van der Waals surface area contributed by atoms with Crippen LogP contribution in [-0.2, 0) is 6.54 Å². The van der Waals surface area contributed by atoms with Crippen LogP contribution in [0, 0.1) is 0 Å². The number of nitrogens with two attached hydrogens (primary N) is 1. The molecule has 29 heavy (non-hydrogen) atoms. The molecule has 2 aromatic rings. The van der Waals surface area contributed by atoms with E-state index in [1.807, 2.05) is 13.0 Å². The van der Waals surface area contributed by atoms with Crippen molar-refractivity contribution in [1.82, 2.24) is 15.1 Å². The second-order valence-electron chi connectivity index (χ2n) is 7.46. The minimum absolute atomic E-state index is 0.00971. The summed E-state index contributed by atoms with van der Waals surface area (Å²) in [5, 5.41) is 3.51. The number of hydrogen-bond donors (Lipinski definition) is 2. The molecule has 0 bridgehead atoms. The predicted molar refractivity (Wildman–Crippen MR) is 118 cm³/mol. The van der Waals surface area contributed by atoms with Crippen molar-refractivity contribution in [2.45, 2.75) is 19.5 Å². The van der Waals surface area contributed by atoms with Crippen LogP contribution < -0.4 is 15.8 Å². The van der Waals surface area contributed by atoms with Gasteiger partial charge in [-0.25, -0.2) is 0 Å². The zero-order valence-corrected chi connectivity index (χ0v) is 17.8. The van der Waals surface area contributed by atoms with Gasteiger partial charge in [-0.1, -0.05) is 41.9 Å². The zero-order valence-electron chi connectivity index (χ0n) is 17.0. The first-order chi connectivity index (χ1) is 14.0. The summed E-state index contributed by atoms with van der Waals surface area (Å²) in [4.78, 5) is 17.7. The highest BCUT2D eigenvalue weighted by Crippen LogP contribution is 2.29. The SMILES string of the molecule is CCOc1cc(N)c(Cl)cc1C(=O)NC1CN(C)CCN(Cc2ccccc2)C1. The lowest BCUT2D eigenvalue weighted by molar-refractivity contribution is 0.0920. The first-order valence-electron chi connectivity index (χ1n) is 9.93. The van der Waals surface area contributed by atoms with Gasteiger partial charge >= 0.3 is 0 Å². The fourth-order valence-electron chi connectivity index (χ4n) is 3.60. The highest BCUT2D eigenvalue weighted by Gasteiger charge is 2.24. The van der Waals surface area contributed by atoms with E-state index in [1.54, 1.807) is 12.1 Å². The smallest absolute Gasteiger partial charge is 0.255 e. The highest BCUT2D eigenvalue weighted by atomic mass is 35.5. The Labute approximate surface area is 177 Å². The number of hydrogen-bond acceptors (Lipinski definition) is 5. The van der Waals surface area contributed by atoms with E-state index in [0.29, 0.717) is 28.6 Å². The van der Waals surface area contributed by atoms with Gasteiger partial charge < -0.3 is 20.7 Å². The van der Waals surface area contributed by atoms with Gasteiger partial charge in [-0.05, 0) is 25.6 Å². The minimum atomic E-state index is -0.199. The quantitative estimate of drug-likeness (QED) is 0.708. The van der Waals surface area contributed by atoms with Gasteiger partial charge in [-0.15, -0.1) is 0 Å². The molecule has 3 rings (SSSR count). The number of likely N-dealkylation sites (N-methyl/N-ethyl adjacent to an activating group) is 1. The van der Waals surface area contributed by atoms with Gasteiger partial charge in [0.1, 0.15) is 5.75 Å². The number of carbonyl (C=O) groups is 1. The van der Waals surface area contributed by atoms with Crippen LogP contribution in [0.5, 0.6) is 5.75 Å². The fraction of sp³-hybridized carbons (Fsp3) is 0.409. The molecule has 1 fully saturated rings. The Bertz CT molecular complexity index is 831. The summed E-state index contributed by atoms with van der Waals surface area (Å²) in [6, 6.07) is 13.6. The average molecular weight is 417 g/mol. The van der Waals surface area contributed by atoms with Gasteiger partial charge in [0.05, 0.1) is 28.9 Å². The number of amides is 1. The molecule has 1 saturated heterocycles. The first-order valence-corrected chi connectivity index (χ1v) is 10.3. The lowest BCUT2D eigenvalue weighted by Crippen LogP contribution is -2.46. The average Bonchev–Trinajstić information content (AvgIpc) is 2.86. The Hall–Kier alpha value is -2.28. The van der Waals surface area contributed by atoms with Crippen molar-refractivity contribution in [3.63, 3.8) is 0 Å². The molecule has 1 amide bonds. The van der Waals surface area contributed by atoms with Crippen LogP contribution in [0.3, 0.4) is 0 Å². The number of nitrogen functional groups attached to an aromatic ring is 1. The molecule has 2 aromatic carbocycles. The monoisotopic (exact) mass is 416 g/mol. The molecule has 0 aromatic heterocycles. The van der Waals surface area contributed by atoms with Gasteiger partial charge in [0, 0.05) is 38.8 Å². The molecule has 3 N–H and O–H groups in total. The molecular formula is C22H29ClN4O2. The Kier molecular flexibility index (Phi) is 7.36. The van der Waals surface area contributed by atoms with E-state index in [2.05, 4.69) is 46.4 Å². The van der Waals surface area contributed by atoms with Crippen LogP contribution >= 0.6 is 11.6 Å². The predicted octanol–water partition coefficient (Wildman–Crippen LogP) is 2.87. The number of halogens is 1. The number of anilines is 1. The van der Waals surface area contributed by atoms with Crippen LogP contribution in [0.2, 0.25) is 5.02 Å². The Morgan fingerprint density at radius 3 is 2.72 bits per heavy atom. The first kappa shape index (κ1) is 21.4. The molecule has 0 saturated carbocycles. The van der Waals surface area contributed by atoms with E-state index in [9.17, 15) is 4.79 Å². The topological polar surface area (TPSA) is 70.8 Å². The Morgan fingerprint density at radius 1 is 1.24 bits per heavy atom. The maximum absolute atomic E-state index is 13.0. The molecule has 1 unspecified atom stereocenters. The maximum Gasteiger partial charge on any atom is 0.255 e. The minimum Gasteiger partial charge on any atom is -0.493 e. The molecule has 0 aliphatic carbocycles. The molecule has 1 heterocycles. The Balaban J connectivity index is 1.73. The zero-order chi connectivity index (χ0) is 20.8. The standard InChI is InChI=1S/C22H29ClN4O2/c1-3-29-21-12-20(24)19(23)11-18(21)22(28)25-17-14-26(2)9-10-27(15-17)13-16-7-5-4-6-8-16/h4-8,11-12,17H,3,9-10,13-15,24H2,1-2H3,(H,25,28). The van der Waals surface area contributed by atoms with Gasteiger partial charge in [0.2, 0.25) is 0 Å². The Morgan fingerprint density at radius 2 is 2.00 bits per heavy atom. The van der Waals surface area contributed by atoms with Crippen molar-refractivity contribution in [2.24, 2.45) is 0 Å². The summed E-state index contributed by atoms with van der Waals surface area (Å²) in [5.74, 6) is 0.255. The fourth-order valence-corrected chi connectivity index (χ4v) is 3.77. The molecule has 156 valence electrons. The van der Waals surface area contributed by atoms with Crippen molar-refractivity contribution in [3.8, 4) is 5.75 Å². The van der Waals surface area contributed by atoms with Gasteiger partial charge in [-0.2, -0.15) is 0 Å². The van der Waals surface area contributed by atoms with E-state index in [1.165, 1.54) is 5.56 Å². The van der Waals surface area contributed by atoms with E-state index in [4.69, 9.17) is 22.1 Å². The third-order valence-corrected chi connectivity index (χ3v) is 5.36. The van der Waals surface area contributed by atoms with E-state index < -0.39 is 0 Å². The second-order valence-corrected chi connectivity index (χ2v) is 7.86. The van der Waals surface area contributed by atoms with Crippen molar-refractivity contribution in [2.75, 3.05) is 45.6 Å². The van der Waals surface area contributed by atoms with E-state index in [0.717, 1.165) is 32.7 Å². The lowest BCUT2D eigenvalue weighted by Gasteiger charge is -2.25. The molecule has 0 spiro atoms. The highest BCUT2D eigenvalue weighted by molar-refractivity contribution is 6.33. The van der Waals surface area contributed by atoms with Crippen LogP contribution in [-0.4, -0.2) is 61.6 Å². The maximum atomic E-state index is 13.0. The number of rotatable bonds is 6. The van der Waals surface area contributed by atoms with Crippen LogP contribution in [0.25, 0.3) is 0 Å². The third kappa shape index (κ3) is 5.85. The molecule has 7 heteroatoms. The normalized spacial score (nSPS) is 18.2.